The summed E-state index contributed by atoms with van der Waals surface area (Å²) in [5.74, 6) is -1.13. The number of aliphatic carboxylic acids is 1. The van der Waals surface area contributed by atoms with Gasteiger partial charge in [-0.3, -0.25) is 0 Å². The fraction of sp³-hybridized carbons (Fsp3) is 0.167. The number of thiazole rings is 1. The Balaban J connectivity index is 1.60. The molecule has 128 valence electrons. The first-order chi connectivity index (χ1) is 12.1. The number of benzene rings is 2. The summed E-state index contributed by atoms with van der Waals surface area (Å²) < 4.78 is 6.05. The van der Waals surface area contributed by atoms with Crippen LogP contribution in [-0.4, -0.2) is 28.2 Å². The van der Waals surface area contributed by atoms with E-state index in [1.54, 1.807) is 0 Å². The highest BCUT2D eigenvalue weighted by Gasteiger charge is 2.23. The van der Waals surface area contributed by atoms with E-state index in [4.69, 9.17) is 4.74 Å². The van der Waals surface area contributed by atoms with Gasteiger partial charge in [0.25, 0.3) is 0 Å². The van der Waals surface area contributed by atoms with E-state index >= 15 is 0 Å². The Labute approximate surface area is 148 Å². The number of hydrogen-bond acceptors (Lipinski definition) is 5. The predicted octanol–water partition coefficient (Wildman–Crippen LogP) is 3.22. The summed E-state index contributed by atoms with van der Waals surface area (Å²) in [5.41, 5.74) is 1.65. The van der Waals surface area contributed by atoms with Crippen LogP contribution in [0.5, 0.6) is 0 Å². The number of alkyl carbamates (subject to hydrolysis) is 1. The van der Waals surface area contributed by atoms with Gasteiger partial charge in [0.2, 0.25) is 0 Å². The van der Waals surface area contributed by atoms with Crippen molar-refractivity contribution in [2.75, 3.05) is 0 Å². The summed E-state index contributed by atoms with van der Waals surface area (Å²) in [6.07, 6.45) is -0.660. The third kappa shape index (κ3) is 4.54. The van der Waals surface area contributed by atoms with Crippen molar-refractivity contribution in [3.05, 3.63) is 65.2 Å². The lowest BCUT2D eigenvalue weighted by Crippen LogP contribution is -2.42. The van der Waals surface area contributed by atoms with E-state index in [1.807, 2.05) is 54.6 Å². The van der Waals surface area contributed by atoms with Crippen molar-refractivity contribution in [2.45, 2.75) is 19.1 Å². The molecule has 0 fully saturated rings. The number of carbonyl (C=O) groups is 2. The van der Waals surface area contributed by atoms with Crippen LogP contribution in [0.15, 0.2) is 54.6 Å². The number of nitrogens with zero attached hydrogens (tertiary/aromatic N) is 1. The molecule has 0 saturated carbocycles. The van der Waals surface area contributed by atoms with Crippen LogP contribution in [0.25, 0.3) is 10.2 Å². The molecule has 2 N–H and O–H groups in total. The van der Waals surface area contributed by atoms with Crippen molar-refractivity contribution >= 4 is 33.6 Å². The number of aromatic nitrogens is 1. The number of carbonyl (C=O) groups excluding carboxylic acids is 1. The second kappa shape index (κ2) is 7.76. The summed E-state index contributed by atoms with van der Waals surface area (Å²) in [6, 6.07) is 15.7. The minimum absolute atomic E-state index is 0.0835. The molecule has 2 aromatic carbocycles. The Morgan fingerprint density at radius 2 is 1.84 bits per heavy atom. The highest BCUT2D eigenvalue weighted by atomic mass is 32.1. The predicted molar refractivity (Wildman–Crippen MR) is 94.5 cm³/mol. The summed E-state index contributed by atoms with van der Waals surface area (Å²) >= 11 is 1.41. The summed E-state index contributed by atoms with van der Waals surface area (Å²) in [5, 5.41) is 12.4. The molecule has 0 saturated heterocycles. The summed E-state index contributed by atoms with van der Waals surface area (Å²) in [6.45, 7) is 0.0835. The van der Waals surface area contributed by atoms with Gasteiger partial charge in [0, 0.05) is 6.42 Å². The Morgan fingerprint density at radius 1 is 1.12 bits per heavy atom. The second-order valence-corrected chi connectivity index (χ2v) is 6.49. The van der Waals surface area contributed by atoms with Crippen LogP contribution in [0.1, 0.15) is 10.6 Å². The number of carboxylic acid groups (broad SMARTS) is 1. The van der Waals surface area contributed by atoms with Gasteiger partial charge in [-0.05, 0) is 17.7 Å². The maximum atomic E-state index is 11.9. The van der Waals surface area contributed by atoms with Crippen molar-refractivity contribution in [1.82, 2.24) is 10.3 Å². The van der Waals surface area contributed by atoms with Gasteiger partial charge in [0.1, 0.15) is 12.6 Å². The zero-order valence-corrected chi connectivity index (χ0v) is 14.0. The number of hydrogen-bond donors (Lipinski definition) is 2. The van der Waals surface area contributed by atoms with Crippen molar-refractivity contribution in [2.24, 2.45) is 0 Å². The molecule has 0 aliphatic rings. The van der Waals surface area contributed by atoms with Crippen LogP contribution < -0.4 is 5.32 Å². The number of para-hydroxylation sites is 1. The molecule has 1 aromatic heterocycles. The monoisotopic (exact) mass is 356 g/mol. The van der Waals surface area contributed by atoms with Gasteiger partial charge in [0.15, 0.2) is 0 Å². The van der Waals surface area contributed by atoms with Gasteiger partial charge in [-0.2, -0.15) is 0 Å². The third-order valence-corrected chi connectivity index (χ3v) is 4.58. The number of nitrogens with one attached hydrogen (secondary N) is 1. The molecule has 0 radical (unpaired) electrons. The molecule has 7 heteroatoms. The number of carboxylic acids is 1. The van der Waals surface area contributed by atoms with E-state index < -0.39 is 18.1 Å². The highest BCUT2D eigenvalue weighted by Crippen LogP contribution is 2.22. The van der Waals surface area contributed by atoms with Gasteiger partial charge in [-0.25, -0.2) is 14.6 Å². The normalized spacial score (nSPS) is 11.8. The lowest BCUT2D eigenvalue weighted by atomic mass is 10.2. The van der Waals surface area contributed by atoms with E-state index in [2.05, 4.69) is 10.3 Å². The summed E-state index contributed by atoms with van der Waals surface area (Å²) in [7, 11) is 0. The average molecular weight is 356 g/mol. The quantitative estimate of drug-likeness (QED) is 0.708. The van der Waals surface area contributed by atoms with Gasteiger partial charge in [-0.15, -0.1) is 11.3 Å². The molecule has 3 aromatic rings. The molecule has 6 nitrogen and oxygen atoms in total. The molecule has 1 amide bonds. The molecule has 0 bridgehead atoms. The molecule has 0 aliphatic carbocycles. The topological polar surface area (TPSA) is 88.5 Å². The smallest absolute Gasteiger partial charge is 0.408 e. The van der Waals surface area contributed by atoms with Crippen LogP contribution in [0.4, 0.5) is 4.79 Å². The minimum atomic E-state index is -1.13. The first-order valence-electron chi connectivity index (χ1n) is 7.66. The maximum Gasteiger partial charge on any atom is 0.408 e. The fourth-order valence-corrected chi connectivity index (χ4v) is 3.30. The van der Waals surface area contributed by atoms with E-state index in [0.29, 0.717) is 5.01 Å². The number of ether oxygens (including phenoxy) is 1. The maximum absolute atomic E-state index is 11.9. The Morgan fingerprint density at radius 3 is 2.56 bits per heavy atom. The Bertz CT molecular complexity index is 846. The largest absolute Gasteiger partial charge is 0.480 e. The van der Waals surface area contributed by atoms with E-state index in [1.165, 1.54) is 11.3 Å². The number of amides is 1. The van der Waals surface area contributed by atoms with Gasteiger partial charge >= 0.3 is 12.1 Å². The zero-order chi connectivity index (χ0) is 17.6. The molecular formula is C18H16N2O4S. The SMILES string of the molecule is O=C(NC(Cc1nc2ccccc2s1)C(=O)O)OCc1ccccc1. The molecule has 0 spiro atoms. The van der Waals surface area contributed by atoms with Crippen molar-refractivity contribution in [1.29, 1.82) is 0 Å². The molecule has 1 atom stereocenters. The van der Waals surface area contributed by atoms with E-state index in [0.717, 1.165) is 15.8 Å². The molecule has 3 rings (SSSR count). The van der Waals surface area contributed by atoms with Crippen molar-refractivity contribution < 1.29 is 19.4 Å². The first-order valence-corrected chi connectivity index (χ1v) is 8.48. The van der Waals surface area contributed by atoms with E-state index in [9.17, 15) is 14.7 Å². The third-order valence-electron chi connectivity index (χ3n) is 3.52. The van der Waals surface area contributed by atoms with Crippen LogP contribution in [0.2, 0.25) is 0 Å². The molecule has 1 heterocycles. The van der Waals surface area contributed by atoms with Crippen LogP contribution in [0, 0.1) is 0 Å². The highest BCUT2D eigenvalue weighted by molar-refractivity contribution is 7.18. The molecular weight excluding hydrogens is 340 g/mol. The Kier molecular flexibility index (Phi) is 5.25. The van der Waals surface area contributed by atoms with Crippen molar-refractivity contribution in [3.63, 3.8) is 0 Å². The van der Waals surface area contributed by atoms with Gasteiger partial charge < -0.3 is 15.2 Å². The Hall–Kier alpha value is -2.93. The number of fused-ring (bicyclic) bond motifs is 1. The standard InChI is InChI=1S/C18H16N2O4S/c21-17(22)14(10-16-19-13-8-4-5-9-15(13)25-16)20-18(23)24-11-12-6-2-1-3-7-12/h1-9,14H,10-11H2,(H,20,23)(H,21,22). The second-order valence-electron chi connectivity index (χ2n) is 5.38. The molecule has 1 unspecified atom stereocenters. The summed E-state index contributed by atoms with van der Waals surface area (Å²) in [4.78, 5) is 27.7. The lowest BCUT2D eigenvalue weighted by Gasteiger charge is -2.13. The van der Waals surface area contributed by atoms with E-state index in [-0.39, 0.29) is 13.0 Å². The molecule has 0 aliphatic heterocycles. The fourth-order valence-electron chi connectivity index (χ4n) is 2.29. The number of rotatable bonds is 6. The van der Waals surface area contributed by atoms with Gasteiger partial charge in [0.05, 0.1) is 15.2 Å². The van der Waals surface area contributed by atoms with Crippen LogP contribution in [0.3, 0.4) is 0 Å². The zero-order valence-electron chi connectivity index (χ0n) is 13.2. The first kappa shape index (κ1) is 16.9. The lowest BCUT2D eigenvalue weighted by molar-refractivity contribution is -0.139. The van der Waals surface area contributed by atoms with Crippen molar-refractivity contribution in [3.8, 4) is 0 Å². The van der Waals surface area contributed by atoms with Crippen LogP contribution in [-0.2, 0) is 22.6 Å². The average Bonchev–Trinajstić information content (AvgIpc) is 3.02. The van der Waals surface area contributed by atoms with Gasteiger partial charge in [-0.1, -0.05) is 42.5 Å². The molecule has 25 heavy (non-hydrogen) atoms. The minimum Gasteiger partial charge on any atom is -0.480 e. The van der Waals surface area contributed by atoms with Crippen LogP contribution >= 0.6 is 11.3 Å².